The van der Waals surface area contributed by atoms with Crippen molar-refractivity contribution in [3.8, 4) is 0 Å². The molecule has 1 aromatic heterocycles. The first-order valence-corrected chi connectivity index (χ1v) is 5.31. The third kappa shape index (κ3) is 2.18. The molecular formula is C11H12ClN3. The van der Waals surface area contributed by atoms with E-state index in [1.54, 1.807) is 10.9 Å². The van der Waals surface area contributed by atoms with E-state index in [2.05, 4.69) is 29.4 Å². The molecule has 2 aromatic rings. The molecule has 0 saturated heterocycles. The van der Waals surface area contributed by atoms with Gasteiger partial charge in [-0.25, -0.2) is 4.68 Å². The molecule has 4 heteroatoms. The van der Waals surface area contributed by atoms with Gasteiger partial charge in [0.15, 0.2) is 5.15 Å². The summed E-state index contributed by atoms with van der Waals surface area (Å²) in [7, 11) is 0. The van der Waals surface area contributed by atoms with Crippen molar-refractivity contribution in [2.24, 2.45) is 0 Å². The molecule has 0 aliphatic rings. The molecule has 3 nitrogen and oxygen atoms in total. The number of hydrogen-bond donors (Lipinski definition) is 0. The summed E-state index contributed by atoms with van der Waals surface area (Å²) in [4.78, 5) is 0. The molecule has 15 heavy (non-hydrogen) atoms. The van der Waals surface area contributed by atoms with Crippen molar-refractivity contribution >= 4 is 11.6 Å². The lowest BCUT2D eigenvalue weighted by Gasteiger charge is -2.14. The van der Waals surface area contributed by atoms with E-state index in [0.29, 0.717) is 5.15 Å². The number of aromatic nitrogens is 3. The van der Waals surface area contributed by atoms with Crippen LogP contribution in [0.1, 0.15) is 24.9 Å². The van der Waals surface area contributed by atoms with Gasteiger partial charge in [0, 0.05) is 0 Å². The molecule has 1 atom stereocenters. The third-order valence-electron chi connectivity index (χ3n) is 2.37. The average molecular weight is 222 g/mol. The summed E-state index contributed by atoms with van der Waals surface area (Å²) in [5.74, 6) is 0. The van der Waals surface area contributed by atoms with Crippen LogP contribution in [0.5, 0.6) is 0 Å². The van der Waals surface area contributed by atoms with E-state index in [0.717, 1.165) is 6.42 Å². The molecule has 0 aliphatic heterocycles. The molecule has 0 N–H and O–H groups in total. The monoisotopic (exact) mass is 221 g/mol. The van der Waals surface area contributed by atoms with Crippen LogP contribution in [0.4, 0.5) is 0 Å². The fraction of sp³-hybridized carbons (Fsp3) is 0.273. The molecule has 0 saturated carbocycles. The van der Waals surface area contributed by atoms with E-state index < -0.39 is 0 Å². The number of hydrogen-bond acceptors (Lipinski definition) is 2. The van der Waals surface area contributed by atoms with Gasteiger partial charge in [0.2, 0.25) is 0 Å². The Kier molecular flexibility index (Phi) is 3.02. The van der Waals surface area contributed by atoms with Gasteiger partial charge in [-0.3, -0.25) is 0 Å². The fourth-order valence-electron chi connectivity index (χ4n) is 1.66. The molecule has 1 heterocycles. The lowest BCUT2D eigenvalue weighted by molar-refractivity contribution is 0.493. The molecule has 0 radical (unpaired) electrons. The Labute approximate surface area is 93.7 Å². The van der Waals surface area contributed by atoms with Crippen LogP contribution in [0.3, 0.4) is 0 Å². The van der Waals surface area contributed by atoms with E-state index >= 15 is 0 Å². The Morgan fingerprint density at radius 1 is 1.33 bits per heavy atom. The van der Waals surface area contributed by atoms with E-state index in [1.807, 2.05) is 18.2 Å². The predicted molar refractivity (Wildman–Crippen MR) is 59.9 cm³/mol. The summed E-state index contributed by atoms with van der Waals surface area (Å²) in [5.41, 5.74) is 1.22. The molecule has 2 rings (SSSR count). The van der Waals surface area contributed by atoms with Crippen molar-refractivity contribution in [1.29, 1.82) is 0 Å². The van der Waals surface area contributed by atoms with E-state index in [1.165, 1.54) is 5.56 Å². The third-order valence-corrected chi connectivity index (χ3v) is 2.55. The molecule has 1 aromatic carbocycles. The second-order valence-corrected chi connectivity index (χ2v) is 3.74. The van der Waals surface area contributed by atoms with Crippen LogP contribution in [0.15, 0.2) is 36.5 Å². The Bertz CT molecular complexity index is 424. The van der Waals surface area contributed by atoms with Gasteiger partial charge in [-0.1, -0.05) is 54.1 Å². The molecule has 1 unspecified atom stereocenters. The van der Waals surface area contributed by atoms with Gasteiger partial charge in [-0.2, -0.15) is 0 Å². The quantitative estimate of drug-likeness (QED) is 0.798. The van der Waals surface area contributed by atoms with Gasteiger partial charge in [0.25, 0.3) is 0 Å². The Balaban J connectivity index is 2.33. The van der Waals surface area contributed by atoms with Crippen LogP contribution in [-0.4, -0.2) is 15.0 Å². The topological polar surface area (TPSA) is 30.7 Å². The first-order valence-electron chi connectivity index (χ1n) is 4.93. The van der Waals surface area contributed by atoms with Gasteiger partial charge >= 0.3 is 0 Å². The molecule has 0 fully saturated rings. The molecule has 78 valence electrons. The van der Waals surface area contributed by atoms with Crippen LogP contribution >= 0.6 is 11.6 Å². The molecule has 0 amide bonds. The van der Waals surface area contributed by atoms with Crippen molar-refractivity contribution in [3.63, 3.8) is 0 Å². The maximum absolute atomic E-state index is 5.75. The Morgan fingerprint density at radius 3 is 2.60 bits per heavy atom. The standard InChI is InChI=1S/C11H12ClN3/c1-2-10(9-6-4-3-5-7-9)15-8-11(12)13-14-15/h3-8,10H,2H2,1H3. The largest absolute Gasteiger partial charge is 0.243 e. The molecular weight excluding hydrogens is 210 g/mol. The minimum absolute atomic E-state index is 0.214. The molecule has 0 spiro atoms. The SMILES string of the molecule is CCC(c1ccccc1)n1cc(Cl)nn1. The van der Waals surface area contributed by atoms with Crippen LogP contribution < -0.4 is 0 Å². The smallest absolute Gasteiger partial charge is 0.171 e. The van der Waals surface area contributed by atoms with Crippen molar-refractivity contribution in [1.82, 2.24) is 15.0 Å². The van der Waals surface area contributed by atoms with Crippen molar-refractivity contribution < 1.29 is 0 Å². The van der Waals surface area contributed by atoms with E-state index in [-0.39, 0.29) is 6.04 Å². The van der Waals surface area contributed by atoms with Crippen LogP contribution in [0, 0.1) is 0 Å². The highest BCUT2D eigenvalue weighted by Gasteiger charge is 2.12. The van der Waals surface area contributed by atoms with Crippen LogP contribution in [-0.2, 0) is 0 Å². The first-order chi connectivity index (χ1) is 7.31. The fourth-order valence-corrected chi connectivity index (χ4v) is 1.79. The lowest BCUT2D eigenvalue weighted by Crippen LogP contribution is -2.10. The second-order valence-electron chi connectivity index (χ2n) is 3.36. The highest BCUT2D eigenvalue weighted by molar-refractivity contribution is 6.29. The summed E-state index contributed by atoms with van der Waals surface area (Å²) >= 11 is 5.75. The summed E-state index contributed by atoms with van der Waals surface area (Å²) in [6, 6.07) is 10.4. The zero-order chi connectivity index (χ0) is 10.7. The van der Waals surface area contributed by atoms with Gasteiger partial charge in [-0.05, 0) is 12.0 Å². The normalized spacial score (nSPS) is 12.7. The van der Waals surface area contributed by atoms with E-state index in [9.17, 15) is 0 Å². The van der Waals surface area contributed by atoms with Gasteiger partial charge < -0.3 is 0 Å². The summed E-state index contributed by atoms with van der Waals surface area (Å²) < 4.78 is 1.80. The van der Waals surface area contributed by atoms with Crippen molar-refractivity contribution in [3.05, 3.63) is 47.2 Å². The van der Waals surface area contributed by atoms with Crippen LogP contribution in [0.25, 0.3) is 0 Å². The summed E-state index contributed by atoms with van der Waals surface area (Å²) in [6.07, 6.45) is 2.71. The van der Waals surface area contributed by atoms with Gasteiger partial charge in [0.1, 0.15) is 0 Å². The maximum atomic E-state index is 5.75. The number of halogens is 1. The van der Waals surface area contributed by atoms with Gasteiger partial charge in [-0.15, -0.1) is 5.10 Å². The Hall–Kier alpha value is -1.35. The predicted octanol–water partition coefficient (Wildman–Crippen LogP) is 2.93. The van der Waals surface area contributed by atoms with Gasteiger partial charge in [0.05, 0.1) is 12.2 Å². The average Bonchev–Trinajstić information content (AvgIpc) is 2.68. The Morgan fingerprint density at radius 2 is 2.07 bits per heavy atom. The number of rotatable bonds is 3. The van der Waals surface area contributed by atoms with E-state index in [4.69, 9.17) is 11.6 Å². The highest BCUT2D eigenvalue weighted by atomic mass is 35.5. The number of nitrogens with zero attached hydrogens (tertiary/aromatic N) is 3. The number of benzene rings is 1. The minimum atomic E-state index is 0.214. The van der Waals surface area contributed by atoms with Crippen molar-refractivity contribution in [2.45, 2.75) is 19.4 Å². The van der Waals surface area contributed by atoms with Crippen LogP contribution in [0.2, 0.25) is 5.15 Å². The summed E-state index contributed by atoms with van der Waals surface area (Å²) in [6.45, 7) is 2.12. The lowest BCUT2D eigenvalue weighted by atomic mass is 10.1. The zero-order valence-electron chi connectivity index (χ0n) is 8.47. The minimum Gasteiger partial charge on any atom is -0.243 e. The zero-order valence-corrected chi connectivity index (χ0v) is 9.22. The van der Waals surface area contributed by atoms with Crippen molar-refractivity contribution in [2.75, 3.05) is 0 Å². The maximum Gasteiger partial charge on any atom is 0.171 e. The first kappa shape index (κ1) is 10.2. The second kappa shape index (κ2) is 4.45. The summed E-state index contributed by atoms with van der Waals surface area (Å²) in [5, 5.41) is 8.22. The molecule has 0 bridgehead atoms. The highest BCUT2D eigenvalue weighted by Crippen LogP contribution is 2.21. The molecule has 0 aliphatic carbocycles.